The monoisotopic (exact) mass is 211 g/mol. The highest BCUT2D eigenvalue weighted by atomic mass is 16.5. The minimum atomic E-state index is -0.650. The molecule has 0 amide bonds. The topological polar surface area (TPSA) is 53.2 Å². The van der Waals surface area contributed by atoms with E-state index in [9.17, 15) is 10.4 Å². The molecule has 2 atom stereocenters. The average molecular weight is 211 g/mol. The standard InChI is InChI=1S/C12H21NO2/c1-9-4-6-12(8-13,7-5-9)15-11(3)10(2)14/h9-11,14H,4-7H2,1-3H3. The van der Waals surface area contributed by atoms with E-state index in [2.05, 4.69) is 13.0 Å². The van der Waals surface area contributed by atoms with Crippen LogP contribution >= 0.6 is 0 Å². The normalized spacial score (nSPS) is 35.5. The largest absolute Gasteiger partial charge is 0.391 e. The summed E-state index contributed by atoms with van der Waals surface area (Å²) in [6.45, 7) is 5.72. The number of aliphatic hydroxyl groups excluding tert-OH is 1. The van der Waals surface area contributed by atoms with Gasteiger partial charge in [0.2, 0.25) is 0 Å². The molecule has 0 spiro atoms. The van der Waals surface area contributed by atoms with Crippen molar-refractivity contribution in [2.24, 2.45) is 5.92 Å². The molecule has 86 valence electrons. The molecule has 1 saturated carbocycles. The lowest BCUT2D eigenvalue weighted by Gasteiger charge is -2.36. The van der Waals surface area contributed by atoms with E-state index in [0.717, 1.165) is 25.7 Å². The fraction of sp³-hybridized carbons (Fsp3) is 0.917. The molecule has 0 heterocycles. The van der Waals surface area contributed by atoms with Crippen molar-refractivity contribution < 1.29 is 9.84 Å². The van der Waals surface area contributed by atoms with Crippen molar-refractivity contribution in [2.75, 3.05) is 0 Å². The molecule has 0 bridgehead atoms. The molecule has 2 unspecified atom stereocenters. The van der Waals surface area contributed by atoms with Gasteiger partial charge in [0, 0.05) is 0 Å². The van der Waals surface area contributed by atoms with Crippen LogP contribution in [0.3, 0.4) is 0 Å². The third kappa shape index (κ3) is 3.19. The SMILES string of the molecule is CC1CCC(C#N)(OC(C)C(C)O)CC1. The van der Waals surface area contributed by atoms with E-state index in [0.29, 0.717) is 5.92 Å². The molecule has 3 nitrogen and oxygen atoms in total. The highest BCUT2D eigenvalue weighted by Gasteiger charge is 2.37. The van der Waals surface area contributed by atoms with Gasteiger partial charge < -0.3 is 9.84 Å². The van der Waals surface area contributed by atoms with Gasteiger partial charge in [-0.3, -0.25) is 0 Å². The number of nitriles is 1. The van der Waals surface area contributed by atoms with Crippen molar-refractivity contribution in [1.82, 2.24) is 0 Å². The molecule has 3 heteroatoms. The maximum atomic E-state index is 9.38. The number of aliphatic hydroxyl groups is 1. The van der Waals surface area contributed by atoms with Gasteiger partial charge in [0.15, 0.2) is 5.60 Å². The Kier molecular flexibility index (Phi) is 4.12. The van der Waals surface area contributed by atoms with E-state index < -0.39 is 11.7 Å². The number of nitrogens with zero attached hydrogens (tertiary/aromatic N) is 1. The van der Waals surface area contributed by atoms with E-state index in [1.807, 2.05) is 6.92 Å². The maximum Gasteiger partial charge on any atom is 0.154 e. The van der Waals surface area contributed by atoms with Gasteiger partial charge in [-0.2, -0.15) is 5.26 Å². The molecule has 0 aliphatic heterocycles. The van der Waals surface area contributed by atoms with Crippen LogP contribution in [0.4, 0.5) is 0 Å². The van der Waals surface area contributed by atoms with E-state index in [-0.39, 0.29) is 6.10 Å². The summed E-state index contributed by atoms with van der Waals surface area (Å²) in [4.78, 5) is 0. The van der Waals surface area contributed by atoms with Crippen LogP contribution in [0.2, 0.25) is 0 Å². The van der Waals surface area contributed by atoms with Crippen LogP contribution in [-0.2, 0) is 4.74 Å². The lowest BCUT2D eigenvalue weighted by atomic mass is 9.80. The molecule has 0 aromatic carbocycles. The molecule has 15 heavy (non-hydrogen) atoms. The molecule has 0 radical (unpaired) electrons. The number of ether oxygens (including phenoxy) is 1. The second kappa shape index (κ2) is 4.96. The summed E-state index contributed by atoms with van der Waals surface area (Å²) in [6.07, 6.45) is 2.89. The van der Waals surface area contributed by atoms with Crippen molar-refractivity contribution in [3.63, 3.8) is 0 Å². The van der Waals surface area contributed by atoms with Gasteiger partial charge in [-0.15, -0.1) is 0 Å². The third-order valence-corrected chi connectivity index (χ3v) is 3.38. The molecule has 1 aliphatic carbocycles. The molecule has 0 aromatic heterocycles. The molecule has 1 aliphatic rings. The molecule has 1 rings (SSSR count). The van der Waals surface area contributed by atoms with E-state index in [1.54, 1.807) is 6.92 Å². The van der Waals surface area contributed by atoms with Gasteiger partial charge in [-0.05, 0) is 45.4 Å². The Morgan fingerprint density at radius 3 is 2.33 bits per heavy atom. The lowest BCUT2D eigenvalue weighted by Crippen LogP contribution is -2.41. The van der Waals surface area contributed by atoms with Gasteiger partial charge in [0.1, 0.15) is 0 Å². The molecule has 1 fully saturated rings. The van der Waals surface area contributed by atoms with Crippen molar-refractivity contribution in [3.8, 4) is 6.07 Å². The van der Waals surface area contributed by atoms with Gasteiger partial charge in [-0.1, -0.05) is 6.92 Å². The van der Waals surface area contributed by atoms with Crippen LogP contribution in [-0.4, -0.2) is 22.9 Å². The van der Waals surface area contributed by atoms with E-state index in [4.69, 9.17) is 4.74 Å². The van der Waals surface area contributed by atoms with Gasteiger partial charge in [-0.25, -0.2) is 0 Å². The summed E-state index contributed by atoms with van der Waals surface area (Å²) in [7, 11) is 0. The quantitative estimate of drug-likeness (QED) is 0.779. The summed E-state index contributed by atoms with van der Waals surface area (Å²) >= 11 is 0. The Labute approximate surface area is 92.0 Å². The fourth-order valence-electron chi connectivity index (χ4n) is 1.94. The third-order valence-electron chi connectivity index (χ3n) is 3.38. The molecular weight excluding hydrogens is 190 g/mol. The second-order valence-electron chi connectivity index (χ2n) is 4.85. The first-order valence-corrected chi connectivity index (χ1v) is 5.76. The summed E-state index contributed by atoms with van der Waals surface area (Å²) in [5.74, 6) is 0.692. The van der Waals surface area contributed by atoms with Gasteiger partial charge in [0.05, 0.1) is 18.3 Å². The van der Waals surface area contributed by atoms with Crippen molar-refractivity contribution in [3.05, 3.63) is 0 Å². The zero-order valence-electron chi connectivity index (χ0n) is 9.86. The minimum absolute atomic E-state index is 0.266. The van der Waals surface area contributed by atoms with Crippen molar-refractivity contribution in [2.45, 2.75) is 64.3 Å². The zero-order chi connectivity index (χ0) is 11.5. The first kappa shape index (κ1) is 12.5. The highest BCUT2D eigenvalue weighted by molar-refractivity contribution is 5.04. The Balaban J connectivity index is 2.59. The van der Waals surface area contributed by atoms with Crippen molar-refractivity contribution >= 4 is 0 Å². The zero-order valence-corrected chi connectivity index (χ0v) is 9.86. The summed E-state index contributed by atoms with van der Waals surface area (Å²) in [5.41, 5.74) is -0.650. The van der Waals surface area contributed by atoms with Crippen LogP contribution in [0.25, 0.3) is 0 Å². The first-order valence-electron chi connectivity index (χ1n) is 5.76. The fourth-order valence-corrected chi connectivity index (χ4v) is 1.94. The van der Waals surface area contributed by atoms with Crippen LogP contribution in [0.5, 0.6) is 0 Å². The van der Waals surface area contributed by atoms with Crippen LogP contribution in [0.1, 0.15) is 46.5 Å². The molecular formula is C12H21NO2. The Hall–Kier alpha value is -0.590. The van der Waals surface area contributed by atoms with Gasteiger partial charge in [0.25, 0.3) is 0 Å². The lowest BCUT2D eigenvalue weighted by molar-refractivity contribution is -0.113. The minimum Gasteiger partial charge on any atom is -0.391 e. The number of rotatable bonds is 3. The molecule has 1 N–H and O–H groups in total. The predicted molar refractivity (Wildman–Crippen MR) is 58.2 cm³/mol. The van der Waals surface area contributed by atoms with Gasteiger partial charge >= 0.3 is 0 Å². The number of hydrogen-bond acceptors (Lipinski definition) is 3. The van der Waals surface area contributed by atoms with E-state index >= 15 is 0 Å². The molecule has 0 aromatic rings. The predicted octanol–water partition coefficient (Wildman–Crippen LogP) is 2.24. The maximum absolute atomic E-state index is 9.38. The van der Waals surface area contributed by atoms with E-state index in [1.165, 1.54) is 0 Å². The van der Waals surface area contributed by atoms with Crippen LogP contribution < -0.4 is 0 Å². The Bertz CT molecular complexity index is 236. The van der Waals surface area contributed by atoms with Crippen molar-refractivity contribution in [1.29, 1.82) is 5.26 Å². The second-order valence-corrected chi connectivity index (χ2v) is 4.85. The molecule has 0 saturated heterocycles. The Morgan fingerprint density at radius 2 is 1.93 bits per heavy atom. The smallest absolute Gasteiger partial charge is 0.154 e. The average Bonchev–Trinajstić information content (AvgIpc) is 2.21. The Morgan fingerprint density at radius 1 is 1.40 bits per heavy atom. The first-order chi connectivity index (χ1) is 6.99. The summed E-state index contributed by atoms with van der Waals surface area (Å²) < 4.78 is 5.73. The summed E-state index contributed by atoms with van der Waals surface area (Å²) in [5, 5.41) is 18.6. The number of hydrogen-bond donors (Lipinski definition) is 1. The van der Waals surface area contributed by atoms with Crippen LogP contribution in [0.15, 0.2) is 0 Å². The highest BCUT2D eigenvalue weighted by Crippen LogP contribution is 2.35. The summed E-state index contributed by atoms with van der Waals surface area (Å²) in [6, 6.07) is 2.29. The van der Waals surface area contributed by atoms with Crippen LogP contribution in [0, 0.1) is 17.2 Å².